The Bertz CT molecular complexity index is 1860. The second kappa shape index (κ2) is 21.1. The maximum atomic E-state index is 14.8. The highest BCUT2D eigenvalue weighted by Gasteiger charge is 2.47. The summed E-state index contributed by atoms with van der Waals surface area (Å²) in [6, 6.07) is 3.91. The van der Waals surface area contributed by atoms with Crippen LogP contribution >= 0.6 is 0 Å². The molecule has 10 atom stereocenters. The van der Waals surface area contributed by atoms with E-state index in [1.807, 2.05) is 51.1 Å². The third-order valence-electron chi connectivity index (χ3n) is 13.3. The molecule has 16 nitrogen and oxygen atoms in total. The first kappa shape index (κ1) is 49.0. The van der Waals surface area contributed by atoms with Gasteiger partial charge in [0.1, 0.15) is 30.2 Å². The minimum Gasteiger partial charge on any atom is -0.452 e. The van der Waals surface area contributed by atoms with Crippen molar-refractivity contribution in [1.29, 1.82) is 0 Å². The summed E-state index contributed by atoms with van der Waals surface area (Å²) in [7, 11) is 1.49. The van der Waals surface area contributed by atoms with Gasteiger partial charge in [0.25, 0.3) is 11.8 Å². The Labute approximate surface area is 372 Å². The smallest absolute Gasteiger partial charge is 0.329 e. The van der Waals surface area contributed by atoms with Crippen molar-refractivity contribution in [3.05, 3.63) is 35.9 Å². The molecule has 5 rings (SSSR count). The molecule has 4 aliphatic rings. The molecular weight excluding hydrogens is 809 g/mol. The fraction of sp³-hybridized carbons (Fsp3) is 0.702. The first-order valence-electron chi connectivity index (χ1n) is 23.0. The zero-order valence-corrected chi connectivity index (χ0v) is 38.8. The molecule has 4 saturated heterocycles. The quantitative estimate of drug-likeness (QED) is 0.402. The predicted octanol–water partition coefficient (Wildman–Crippen LogP) is 3.10. The summed E-state index contributed by atoms with van der Waals surface area (Å²) in [6.45, 7) is 16.4. The highest BCUT2D eigenvalue weighted by atomic mass is 16.6. The van der Waals surface area contributed by atoms with E-state index in [0.717, 1.165) is 5.56 Å². The summed E-state index contributed by atoms with van der Waals surface area (Å²) in [5, 5.41) is 6.05. The van der Waals surface area contributed by atoms with Gasteiger partial charge in [-0.05, 0) is 88.0 Å². The van der Waals surface area contributed by atoms with E-state index in [4.69, 9.17) is 9.47 Å². The molecule has 4 fully saturated rings. The number of esters is 2. The van der Waals surface area contributed by atoms with E-state index in [2.05, 4.69) is 10.6 Å². The van der Waals surface area contributed by atoms with Crippen LogP contribution in [0.1, 0.15) is 106 Å². The molecule has 0 aromatic heterocycles. The van der Waals surface area contributed by atoms with Crippen LogP contribution in [0.2, 0.25) is 0 Å². The van der Waals surface area contributed by atoms with Crippen LogP contribution in [-0.2, 0) is 54.3 Å². The second-order valence-corrected chi connectivity index (χ2v) is 19.1. The number of ether oxygens (including phenoxy) is 2. The number of rotatable bonds is 6. The molecule has 0 bridgehead atoms. The third-order valence-corrected chi connectivity index (χ3v) is 13.3. The van der Waals surface area contributed by atoms with Gasteiger partial charge in [0.05, 0.1) is 5.92 Å². The van der Waals surface area contributed by atoms with Gasteiger partial charge in [-0.15, -0.1) is 0 Å². The number of likely N-dealkylation sites (N-methyl/N-ethyl adjacent to an activating group) is 1. The van der Waals surface area contributed by atoms with Crippen molar-refractivity contribution in [2.24, 2.45) is 29.6 Å². The first-order chi connectivity index (χ1) is 29.7. The van der Waals surface area contributed by atoms with Gasteiger partial charge in [-0.2, -0.15) is 0 Å². The Balaban J connectivity index is 1.54. The SMILES string of the molecule is CC(C)[C@@H]1OC(=O)[C@@H]2CCCN2C(=O)[C@H](C)OC(=O)[C@H](C)[C@@H](C(C)C)NC(=O)[C@H]2CCCN2C(=O)[C@H]([C@H](C)Cc2ccccc2)NC(=O)[C@H]2CCCN2C(=O)[C@@H](C(C)C)N(C)C1=O. The van der Waals surface area contributed by atoms with Gasteiger partial charge in [-0.1, -0.05) is 78.8 Å². The maximum Gasteiger partial charge on any atom is 0.329 e. The number of benzene rings is 1. The van der Waals surface area contributed by atoms with E-state index in [1.165, 1.54) is 33.6 Å². The number of carbonyl (C=O) groups excluding carboxylic acids is 8. The number of amides is 6. The summed E-state index contributed by atoms with van der Waals surface area (Å²) in [5.74, 6) is -7.03. The van der Waals surface area contributed by atoms with Crippen LogP contribution in [0.15, 0.2) is 30.3 Å². The summed E-state index contributed by atoms with van der Waals surface area (Å²) in [6.07, 6.45) is 0.372. The van der Waals surface area contributed by atoms with Crippen LogP contribution in [0.5, 0.6) is 0 Å². The molecule has 1 aromatic carbocycles. The normalized spacial score (nSPS) is 30.7. The van der Waals surface area contributed by atoms with Crippen molar-refractivity contribution >= 4 is 47.4 Å². The van der Waals surface area contributed by atoms with Gasteiger partial charge >= 0.3 is 11.9 Å². The Hall–Kier alpha value is -5.02. The number of cyclic esters (lactones) is 2. The van der Waals surface area contributed by atoms with Crippen LogP contribution in [0.25, 0.3) is 0 Å². The molecule has 0 radical (unpaired) electrons. The Morgan fingerprint density at radius 1 is 0.603 bits per heavy atom. The molecule has 348 valence electrons. The second-order valence-electron chi connectivity index (χ2n) is 19.1. The van der Waals surface area contributed by atoms with Crippen molar-refractivity contribution in [2.45, 2.75) is 156 Å². The van der Waals surface area contributed by atoms with Gasteiger partial charge in [0.15, 0.2) is 12.2 Å². The van der Waals surface area contributed by atoms with E-state index < -0.39 is 120 Å². The highest BCUT2D eigenvalue weighted by Crippen LogP contribution is 2.29. The van der Waals surface area contributed by atoms with Gasteiger partial charge in [0, 0.05) is 32.7 Å². The summed E-state index contributed by atoms with van der Waals surface area (Å²) in [4.78, 5) is 120. The third kappa shape index (κ3) is 11.0. The molecule has 6 amide bonds. The van der Waals surface area contributed by atoms with Gasteiger partial charge in [-0.3, -0.25) is 33.6 Å². The first-order valence-corrected chi connectivity index (χ1v) is 23.0. The molecule has 4 aliphatic heterocycles. The van der Waals surface area contributed by atoms with E-state index in [0.29, 0.717) is 38.5 Å². The standard InChI is InChI=1S/C47H70N6O10/c1-26(2)36-30(8)46(60)62-31(9)42(56)53-24-16-21-35(53)47(61)63-39(28(5)6)45(59)50(10)38(27(3)4)44(58)52-23-15-20-34(52)41(55)49-37(29(7)25-32-17-12-11-13-18-32)43(57)51-22-14-19-33(51)40(54)48-36/h11-13,17-18,26-31,33-39H,14-16,19-25H2,1-10H3,(H,48,54)(H,49,55)/t29-,30-,31+,33-,34-,35+,36-,37+,38-,39+/m1/s1. The van der Waals surface area contributed by atoms with Crippen molar-refractivity contribution in [3.63, 3.8) is 0 Å². The van der Waals surface area contributed by atoms with Gasteiger partial charge < -0.3 is 39.7 Å². The van der Waals surface area contributed by atoms with Crippen LogP contribution < -0.4 is 10.6 Å². The van der Waals surface area contributed by atoms with Crippen molar-refractivity contribution in [2.75, 3.05) is 26.7 Å². The number of hydrogen-bond acceptors (Lipinski definition) is 10. The number of nitrogens with zero attached hydrogens (tertiary/aromatic N) is 4. The number of carbonyl (C=O) groups is 8. The fourth-order valence-electron chi connectivity index (χ4n) is 9.78. The van der Waals surface area contributed by atoms with E-state index in [9.17, 15) is 38.4 Å². The Kier molecular flexibility index (Phi) is 16.4. The van der Waals surface area contributed by atoms with E-state index in [-0.39, 0.29) is 32.0 Å². The number of fused-ring (bicyclic) bond motifs is 3. The lowest BCUT2D eigenvalue weighted by Crippen LogP contribution is -2.61. The van der Waals surface area contributed by atoms with Crippen molar-refractivity contribution in [1.82, 2.24) is 30.2 Å². The summed E-state index contributed by atoms with van der Waals surface area (Å²) in [5.41, 5.74) is 0.954. The lowest BCUT2D eigenvalue weighted by molar-refractivity contribution is -0.172. The monoisotopic (exact) mass is 879 g/mol. The summed E-state index contributed by atoms with van der Waals surface area (Å²) >= 11 is 0. The maximum absolute atomic E-state index is 14.8. The van der Waals surface area contributed by atoms with Gasteiger partial charge in [-0.25, -0.2) is 4.79 Å². The number of nitrogens with one attached hydrogen (secondary N) is 2. The molecule has 4 heterocycles. The minimum atomic E-state index is -1.30. The van der Waals surface area contributed by atoms with Crippen LogP contribution in [0, 0.1) is 29.6 Å². The largest absolute Gasteiger partial charge is 0.452 e. The molecule has 2 N–H and O–H groups in total. The fourth-order valence-corrected chi connectivity index (χ4v) is 9.78. The topological polar surface area (TPSA) is 192 Å². The number of hydrogen-bond donors (Lipinski definition) is 2. The average Bonchev–Trinajstić information content (AvgIpc) is 4.04. The highest BCUT2D eigenvalue weighted by molar-refractivity contribution is 5.97. The average molecular weight is 879 g/mol. The zero-order valence-electron chi connectivity index (χ0n) is 38.8. The lowest BCUT2D eigenvalue weighted by Gasteiger charge is -2.38. The molecule has 1 aromatic rings. The molecule has 16 heteroatoms. The predicted molar refractivity (Wildman–Crippen MR) is 233 cm³/mol. The van der Waals surface area contributed by atoms with Crippen LogP contribution in [0.3, 0.4) is 0 Å². The Morgan fingerprint density at radius 2 is 1.13 bits per heavy atom. The van der Waals surface area contributed by atoms with Crippen molar-refractivity contribution < 1.29 is 47.8 Å². The lowest BCUT2D eigenvalue weighted by atomic mass is 9.91. The van der Waals surface area contributed by atoms with Crippen molar-refractivity contribution in [3.8, 4) is 0 Å². The van der Waals surface area contributed by atoms with Crippen LogP contribution in [-0.4, -0.2) is 142 Å². The molecular formula is C47H70N6O10. The minimum absolute atomic E-state index is 0.206. The van der Waals surface area contributed by atoms with E-state index in [1.54, 1.807) is 34.6 Å². The van der Waals surface area contributed by atoms with E-state index >= 15 is 0 Å². The zero-order chi connectivity index (χ0) is 46.4. The van der Waals surface area contributed by atoms with Gasteiger partial charge in [0.2, 0.25) is 23.6 Å². The summed E-state index contributed by atoms with van der Waals surface area (Å²) < 4.78 is 11.6. The molecule has 63 heavy (non-hydrogen) atoms. The molecule has 0 unspecified atom stereocenters. The van der Waals surface area contributed by atoms with Crippen LogP contribution in [0.4, 0.5) is 0 Å². The molecule has 0 spiro atoms. The molecule has 0 saturated carbocycles. The molecule has 0 aliphatic carbocycles. The Morgan fingerprint density at radius 3 is 1.67 bits per heavy atom.